The first-order chi connectivity index (χ1) is 11.7. The van der Waals surface area contributed by atoms with Crippen LogP contribution in [0.2, 0.25) is 0 Å². The minimum atomic E-state index is -0.798. The molecule has 3 rings (SSSR count). The van der Waals surface area contributed by atoms with E-state index >= 15 is 0 Å². The summed E-state index contributed by atoms with van der Waals surface area (Å²) in [5.41, 5.74) is 1.06. The summed E-state index contributed by atoms with van der Waals surface area (Å²) in [6.07, 6.45) is 0.133. The van der Waals surface area contributed by atoms with E-state index in [-0.39, 0.29) is 19.0 Å². The van der Waals surface area contributed by atoms with E-state index in [9.17, 15) is 9.90 Å². The van der Waals surface area contributed by atoms with Crippen LogP contribution >= 0.6 is 0 Å². The second-order valence-electron chi connectivity index (χ2n) is 5.47. The third-order valence-electron chi connectivity index (χ3n) is 3.87. The first kappa shape index (κ1) is 16.6. The Bertz CT molecular complexity index is 675. The van der Waals surface area contributed by atoms with Gasteiger partial charge in [-0.15, -0.1) is 5.10 Å². The first-order valence-corrected chi connectivity index (χ1v) is 7.60. The third kappa shape index (κ3) is 3.61. The van der Waals surface area contributed by atoms with Gasteiger partial charge in [0.1, 0.15) is 24.6 Å². The quantitative estimate of drug-likeness (QED) is 0.773. The van der Waals surface area contributed by atoms with Crippen LogP contribution in [0.3, 0.4) is 0 Å². The number of methoxy groups -OCH3 is 1. The van der Waals surface area contributed by atoms with Crippen LogP contribution in [0.5, 0.6) is 0 Å². The average Bonchev–Trinajstić information content (AvgIpc) is 3.23. The van der Waals surface area contributed by atoms with E-state index in [2.05, 4.69) is 14.8 Å². The molecule has 1 fully saturated rings. The molecule has 0 radical (unpaired) electrons. The number of esters is 1. The van der Waals surface area contributed by atoms with Gasteiger partial charge in [0, 0.05) is 0 Å². The van der Waals surface area contributed by atoms with E-state index in [0.29, 0.717) is 6.61 Å². The molecule has 1 aromatic heterocycles. The van der Waals surface area contributed by atoms with Crippen LogP contribution in [0.1, 0.15) is 22.2 Å². The van der Waals surface area contributed by atoms with E-state index in [4.69, 9.17) is 9.47 Å². The number of aliphatic hydroxyl groups excluding tert-OH is 1. The van der Waals surface area contributed by atoms with Crippen molar-refractivity contribution in [3.63, 3.8) is 0 Å². The van der Waals surface area contributed by atoms with Gasteiger partial charge in [-0.1, -0.05) is 30.3 Å². The van der Waals surface area contributed by atoms with Gasteiger partial charge in [-0.3, -0.25) is 0 Å². The number of carbonyl (C=O) groups is 1. The molecule has 1 saturated heterocycles. The van der Waals surface area contributed by atoms with Gasteiger partial charge in [0.2, 0.25) is 0 Å². The Hall–Kier alpha value is -2.29. The fraction of sp³-hybridized carbons (Fsp3) is 0.438. The van der Waals surface area contributed by atoms with Gasteiger partial charge in [0.25, 0.3) is 5.82 Å². The number of aliphatic hydroxyl groups is 1. The molecule has 0 aliphatic carbocycles. The predicted molar refractivity (Wildman–Crippen MR) is 82.2 cm³/mol. The van der Waals surface area contributed by atoms with Gasteiger partial charge in [0.15, 0.2) is 0 Å². The smallest absolute Gasteiger partial charge is 0.377 e. The zero-order valence-electron chi connectivity index (χ0n) is 13.2. The van der Waals surface area contributed by atoms with Crippen LogP contribution in [-0.4, -0.2) is 58.4 Å². The number of hydrogen-bond donors (Lipinski definition) is 1. The van der Waals surface area contributed by atoms with Crippen LogP contribution < -0.4 is 0 Å². The van der Waals surface area contributed by atoms with Crippen LogP contribution in [0.4, 0.5) is 0 Å². The number of ether oxygens (including phenoxy) is 3. The molecule has 0 saturated carbocycles. The molecule has 1 aliphatic rings. The summed E-state index contributed by atoms with van der Waals surface area (Å²) in [5, 5.41) is 14.4. The molecular formula is C16H19N3O5. The molecule has 0 bridgehead atoms. The monoisotopic (exact) mass is 333 g/mol. The highest BCUT2D eigenvalue weighted by Gasteiger charge is 2.38. The van der Waals surface area contributed by atoms with E-state index in [1.54, 1.807) is 0 Å². The van der Waals surface area contributed by atoms with Crippen LogP contribution in [0.15, 0.2) is 36.7 Å². The topological polar surface area (TPSA) is 95.7 Å². The Morgan fingerprint density at radius 1 is 1.42 bits per heavy atom. The molecule has 24 heavy (non-hydrogen) atoms. The molecule has 0 unspecified atom stereocenters. The van der Waals surface area contributed by atoms with Crippen LogP contribution in [-0.2, 0) is 20.8 Å². The molecule has 1 N–H and O–H groups in total. The zero-order chi connectivity index (χ0) is 16.9. The molecule has 1 aromatic carbocycles. The van der Waals surface area contributed by atoms with Crippen molar-refractivity contribution < 1.29 is 24.1 Å². The Morgan fingerprint density at radius 3 is 2.96 bits per heavy atom. The van der Waals surface area contributed by atoms with Crippen molar-refractivity contribution >= 4 is 5.97 Å². The molecule has 0 spiro atoms. The number of benzene rings is 1. The number of hydrogen-bond acceptors (Lipinski definition) is 7. The standard InChI is InChI=1S/C16H19N3O5/c1-22-16(21)15-17-10-19(18-15)12-8-24-13(14(12)20)9-23-7-11-5-3-2-4-6-11/h2-6,10,12-14,20H,7-9H2,1H3/t12-,13-,14-/m1/s1. The van der Waals surface area contributed by atoms with Crippen molar-refractivity contribution in [3.05, 3.63) is 48.0 Å². The fourth-order valence-corrected chi connectivity index (χ4v) is 2.53. The van der Waals surface area contributed by atoms with E-state index in [1.807, 2.05) is 30.3 Å². The Balaban J connectivity index is 1.54. The number of carbonyl (C=O) groups excluding carboxylic acids is 1. The van der Waals surface area contributed by atoms with Gasteiger partial charge >= 0.3 is 5.97 Å². The van der Waals surface area contributed by atoms with Crippen LogP contribution in [0, 0.1) is 0 Å². The molecule has 2 aromatic rings. The summed E-state index contributed by atoms with van der Waals surface area (Å²) < 4.78 is 17.2. The summed E-state index contributed by atoms with van der Waals surface area (Å²) in [6.45, 7) is 0.990. The molecular weight excluding hydrogens is 314 g/mol. The summed E-state index contributed by atoms with van der Waals surface area (Å²) in [4.78, 5) is 15.3. The maximum atomic E-state index is 11.4. The minimum Gasteiger partial charge on any atom is -0.463 e. The molecule has 8 heteroatoms. The molecule has 128 valence electrons. The highest BCUT2D eigenvalue weighted by molar-refractivity contribution is 5.84. The maximum Gasteiger partial charge on any atom is 0.377 e. The second-order valence-corrected chi connectivity index (χ2v) is 5.47. The fourth-order valence-electron chi connectivity index (χ4n) is 2.53. The Kier molecular flexibility index (Phi) is 5.19. The lowest BCUT2D eigenvalue weighted by Crippen LogP contribution is -2.32. The first-order valence-electron chi connectivity index (χ1n) is 7.60. The summed E-state index contributed by atoms with van der Waals surface area (Å²) in [7, 11) is 1.26. The minimum absolute atomic E-state index is 0.0477. The average molecular weight is 333 g/mol. The Labute approximate surface area is 139 Å². The van der Waals surface area contributed by atoms with Crippen molar-refractivity contribution in [2.24, 2.45) is 0 Å². The van der Waals surface area contributed by atoms with Gasteiger partial charge in [-0.2, -0.15) is 0 Å². The molecule has 2 heterocycles. The lowest BCUT2D eigenvalue weighted by molar-refractivity contribution is -0.0304. The van der Waals surface area contributed by atoms with Gasteiger partial charge in [-0.25, -0.2) is 14.5 Å². The van der Waals surface area contributed by atoms with E-state index in [1.165, 1.54) is 18.1 Å². The molecule has 0 amide bonds. The van der Waals surface area contributed by atoms with Crippen molar-refractivity contribution in [2.45, 2.75) is 24.9 Å². The highest BCUT2D eigenvalue weighted by Crippen LogP contribution is 2.25. The SMILES string of the molecule is COC(=O)c1ncn([C@@H]2CO[C@H](COCc3ccccc3)[C@@H]2O)n1. The molecule has 8 nitrogen and oxygen atoms in total. The van der Waals surface area contributed by atoms with Crippen LogP contribution in [0.25, 0.3) is 0 Å². The summed E-state index contributed by atoms with van der Waals surface area (Å²) in [6, 6.07) is 9.36. The second kappa shape index (κ2) is 7.52. The largest absolute Gasteiger partial charge is 0.463 e. The molecule has 3 atom stereocenters. The predicted octanol–water partition coefficient (Wildman–Crippen LogP) is 0.582. The van der Waals surface area contributed by atoms with Gasteiger partial charge < -0.3 is 19.3 Å². The van der Waals surface area contributed by atoms with Crippen molar-refractivity contribution in [1.82, 2.24) is 14.8 Å². The lowest BCUT2D eigenvalue weighted by Gasteiger charge is -2.17. The lowest BCUT2D eigenvalue weighted by atomic mass is 10.1. The summed E-state index contributed by atoms with van der Waals surface area (Å²) >= 11 is 0. The van der Waals surface area contributed by atoms with Crippen molar-refractivity contribution in [2.75, 3.05) is 20.3 Å². The maximum absolute atomic E-state index is 11.4. The van der Waals surface area contributed by atoms with Crippen molar-refractivity contribution in [1.29, 1.82) is 0 Å². The highest BCUT2D eigenvalue weighted by atomic mass is 16.5. The number of rotatable bonds is 6. The normalized spacial score (nSPS) is 23.3. The van der Waals surface area contributed by atoms with E-state index < -0.39 is 24.2 Å². The Morgan fingerprint density at radius 2 is 2.21 bits per heavy atom. The van der Waals surface area contributed by atoms with E-state index in [0.717, 1.165) is 5.56 Å². The van der Waals surface area contributed by atoms with Gasteiger partial charge in [-0.05, 0) is 5.56 Å². The van der Waals surface area contributed by atoms with Crippen molar-refractivity contribution in [3.8, 4) is 0 Å². The number of nitrogens with zero attached hydrogens (tertiary/aromatic N) is 3. The zero-order valence-corrected chi connectivity index (χ0v) is 13.2. The number of aromatic nitrogens is 3. The third-order valence-corrected chi connectivity index (χ3v) is 3.87. The molecule has 1 aliphatic heterocycles. The van der Waals surface area contributed by atoms with Gasteiger partial charge in [0.05, 0.1) is 26.9 Å². The summed E-state index contributed by atoms with van der Waals surface area (Å²) in [5.74, 6) is -0.668.